The lowest BCUT2D eigenvalue weighted by Crippen LogP contribution is -2.42. The van der Waals surface area contributed by atoms with E-state index in [2.05, 4.69) is 31.5 Å². The van der Waals surface area contributed by atoms with Crippen LogP contribution in [0.5, 0.6) is 0 Å². The molecule has 21 heavy (non-hydrogen) atoms. The highest BCUT2D eigenvalue weighted by atomic mass is 32.2. The fraction of sp³-hybridized carbons (Fsp3) is 0.455. The summed E-state index contributed by atoms with van der Waals surface area (Å²) in [5.74, 6) is 1.83. The Kier molecular flexibility index (Phi) is 8.18. The minimum Gasteiger partial charge on any atom is -0.302 e. The molecule has 1 amide bonds. The summed E-state index contributed by atoms with van der Waals surface area (Å²) < 4.78 is 0. The highest BCUT2D eigenvalue weighted by Crippen LogP contribution is 2.19. The van der Waals surface area contributed by atoms with Crippen molar-refractivity contribution in [2.45, 2.75) is 12.7 Å². The van der Waals surface area contributed by atoms with E-state index in [4.69, 9.17) is 5.26 Å². The molecule has 0 bridgehead atoms. The van der Waals surface area contributed by atoms with Crippen LogP contribution in [0.25, 0.3) is 0 Å². The average molecular weight is 327 g/mol. The maximum Gasteiger partial charge on any atom is 0.223 e. The number of nitrogens with zero attached hydrogens (tertiary/aromatic N) is 3. The lowest BCUT2D eigenvalue weighted by Gasteiger charge is -2.05. The van der Waals surface area contributed by atoms with Crippen LogP contribution in [0.1, 0.15) is 12.6 Å². The van der Waals surface area contributed by atoms with Crippen LogP contribution >= 0.6 is 23.1 Å². The SMILES string of the molecule is CNNC(=NCCSCc1csc(NC(C)=O)n1)NC#N. The minimum atomic E-state index is -0.118. The molecule has 114 valence electrons. The number of amides is 1. The van der Waals surface area contributed by atoms with E-state index < -0.39 is 0 Å². The predicted octanol–water partition coefficient (Wildman–Crippen LogP) is 0.485. The molecule has 1 aromatic heterocycles. The van der Waals surface area contributed by atoms with Crippen molar-refractivity contribution in [2.75, 3.05) is 24.7 Å². The fourth-order valence-electron chi connectivity index (χ4n) is 1.26. The molecule has 0 aliphatic heterocycles. The number of nitriles is 1. The summed E-state index contributed by atoms with van der Waals surface area (Å²) in [5.41, 5.74) is 6.35. The van der Waals surface area contributed by atoms with E-state index in [0.717, 1.165) is 17.2 Å². The number of aliphatic imine (C=N–C) groups is 1. The number of hydrogen-bond acceptors (Lipinski definition) is 7. The van der Waals surface area contributed by atoms with E-state index in [1.165, 1.54) is 18.3 Å². The van der Waals surface area contributed by atoms with E-state index in [1.54, 1.807) is 25.0 Å². The second-order valence-electron chi connectivity index (χ2n) is 3.72. The number of thioether (sulfide) groups is 1. The van der Waals surface area contributed by atoms with Gasteiger partial charge in [0.2, 0.25) is 11.9 Å². The Balaban J connectivity index is 2.27. The molecule has 0 aliphatic rings. The maximum absolute atomic E-state index is 10.9. The Labute approximate surface area is 131 Å². The van der Waals surface area contributed by atoms with Gasteiger partial charge >= 0.3 is 0 Å². The lowest BCUT2D eigenvalue weighted by atomic mass is 10.6. The summed E-state index contributed by atoms with van der Waals surface area (Å²) >= 11 is 3.09. The Morgan fingerprint density at radius 3 is 3.10 bits per heavy atom. The van der Waals surface area contributed by atoms with Gasteiger partial charge in [-0.2, -0.15) is 17.0 Å². The van der Waals surface area contributed by atoms with Gasteiger partial charge in [-0.25, -0.2) is 10.4 Å². The molecule has 8 nitrogen and oxygen atoms in total. The van der Waals surface area contributed by atoms with Gasteiger partial charge in [0.1, 0.15) is 0 Å². The zero-order chi connectivity index (χ0) is 15.5. The van der Waals surface area contributed by atoms with Crippen molar-refractivity contribution >= 4 is 40.1 Å². The van der Waals surface area contributed by atoms with Gasteiger partial charge < -0.3 is 5.32 Å². The zero-order valence-electron chi connectivity index (χ0n) is 11.8. The second-order valence-corrected chi connectivity index (χ2v) is 5.68. The van der Waals surface area contributed by atoms with Crippen molar-refractivity contribution in [3.05, 3.63) is 11.1 Å². The van der Waals surface area contributed by atoms with E-state index in [9.17, 15) is 4.79 Å². The molecular weight excluding hydrogens is 310 g/mol. The number of hydrazine groups is 1. The van der Waals surface area contributed by atoms with Crippen LogP contribution in [0.3, 0.4) is 0 Å². The largest absolute Gasteiger partial charge is 0.302 e. The van der Waals surface area contributed by atoms with E-state index in [0.29, 0.717) is 17.6 Å². The second kappa shape index (κ2) is 9.98. The van der Waals surface area contributed by atoms with Crippen molar-refractivity contribution in [3.63, 3.8) is 0 Å². The zero-order valence-corrected chi connectivity index (χ0v) is 13.4. The summed E-state index contributed by atoms with van der Waals surface area (Å²) in [5, 5.41) is 16.2. The summed E-state index contributed by atoms with van der Waals surface area (Å²) in [6, 6.07) is 0. The van der Waals surface area contributed by atoms with E-state index in [-0.39, 0.29) is 5.91 Å². The van der Waals surface area contributed by atoms with Crippen molar-refractivity contribution in [1.29, 1.82) is 5.26 Å². The van der Waals surface area contributed by atoms with Crippen LogP contribution in [0, 0.1) is 11.5 Å². The van der Waals surface area contributed by atoms with Crippen LogP contribution in [0.4, 0.5) is 5.13 Å². The molecule has 0 saturated carbocycles. The normalized spacial score (nSPS) is 10.8. The Morgan fingerprint density at radius 1 is 1.62 bits per heavy atom. The smallest absolute Gasteiger partial charge is 0.223 e. The van der Waals surface area contributed by atoms with Crippen LogP contribution in [-0.4, -0.2) is 36.2 Å². The summed E-state index contributed by atoms with van der Waals surface area (Å²) in [6.07, 6.45) is 1.80. The van der Waals surface area contributed by atoms with Crippen LogP contribution in [0.2, 0.25) is 0 Å². The highest BCUT2D eigenvalue weighted by molar-refractivity contribution is 7.98. The molecule has 10 heteroatoms. The van der Waals surface area contributed by atoms with Crippen molar-refractivity contribution in [2.24, 2.45) is 4.99 Å². The van der Waals surface area contributed by atoms with Gasteiger partial charge in [-0.3, -0.25) is 20.5 Å². The Hall–Kier alpha value is -1.83. The number of guanidine groups is 1. The first-order valence-corrected chi connectivity index (χ1v) is 8.11. The standard InChI is InChI=1S/C11H17N7OS2/c1-8(19)16-11-17-9(6-21-11)5-20-4-3-14-10(15-7-12)18-13-2/h6,13H,3-5H2,1-2H3,(H2,14,15,18)(H,16,17,19). The third-order valence-corrected chi connectivity index (χ3v) is 3.79. The molecule has 0 saturated heterocycles. The highest BCUT2D eigenvalue weighted by Gasteiger charge is 2.03. The summed E-state index contributed by atoms with van der Waals surface area (Å²) in [4.78, 5) is 19.4. The molecule has 0 fully saturated rings. The topological polar surface area (TPSA) is 114 Å². The molecule has 0 aliphatic carbocycles. The molecule has 0 spiro atoms. The third-order valence-electron chi connectivity index (χ3n) is 2.01. The van der Waals surface area contributed by atoms with Gasteiger partial charge in [-0.05, 0) is 0 Å². The molecule has 0 radical (unpaired) electrons. The molecule has 0 aromatic carbocycles. The minimum absolute atomic E-state index is 0.118. The van der Waals surface area contributed by atoms with Crippen LogP contribution in [-0.2, 0) is 10.5 Å². The van der Waals surface area contributed by atoms with Gasteiger partial charge in [0.05, 0.1) is 12.2 Å². The lowest BCUT2D eigenvalue weighted by molar-refractivity contribution is -0.114. The van der Waals surface area contributed by atoms with E-state index >= 15 is 0 Å². The molecule has 4 N–H and O–H groups in total. The molecule has 0 atom stereocenters. The number of anilines is 1. The molecule has 1 aromatic rings. The first-order valence-electron chi connectivity index (χ1n) is 6.07. The molecular formula is C11H17N7OS2. The molecule has 1 rings (SSSR count). The van der Waals surface area contributed by atoms with Crippen molar-refractivity contribution < 1.29 is 4.79 Å². The van der Waals surface area contributed by atoms with Gasteiger partial charge in [0.25, 0.3) is 0 Å². The first kappa shape index (κ1) is 17.2. The number of nitrogens with one attached hydrogen (secondary N) is 4. The fourth-order valence-corrected chi connectivity index (χ4v) is 2.85. The quantitative estimate of drug-likeness (QED) is 0.144. The van der Waals surface area contributed by atoms with Gasteiger partial charge in [-0.1, -0.05) is 0 Å². The summed E-state index contributed by atoms with van der Waals surface area (Å²) in [6.45, 7) is 2.03. The van der Waals surface area contributed by atoms with E-state index in [1.807, 2.05) is 5.38 Å². The average Bonchev–Trinajstić information content (AvgIpc) is 2.85. The Bertz CT molecular complexity index is 523. The number of carbonyl (C=O) groups excluding carboxylic acids is 1. The monoisotopic (exact) mass is 327 g/mol. The third kappa shape index (κ3) is 7.50. The number of aromatic nitrogens is 1. The maximum atomic E-state index is 10.9. The summed E-state index contributed by atoms with van der Waals surface area (Å²) in [7, 11) is 1.69. The number of hydrogen-bond donors (Lipinski definition) is 4. The van der Waals surface area contributed by atoms with Crippen molar-refractivity contribution in [1.82, 2.24) is 21.2 Å². The number of thiazole rings is 1. The predicted molar refractivity (Wildman–Crippen MR) is 85.8 cm³/mol. The Morgan fingerprint density at radius 2 is 2.43 bits per heavy atom. The number of rotatable bonds is 7. The first-order chi connectivity index (χ1) is 10.2. The number of carbonyl (C=O) groups is 1. The van der Waals surface area contributed by atoms with Gasteiger partial charge in [0, 0.05) is 30.9 Å². The molecule has 1 heterocycles. The van der Waals surface area contributed by atoms with Crippen molar-refractivity contribution in [3.8, 4) is 6.19 Å². The van der Waals surface area contributed by atoms with Gasteiger partial charge in [0.15, 0.2) is 11.3 Å². The molecule has 0 unspecified atom stereocenters. The van der Waals surface area contributed by atoms with Crippen LogP contribution < -0.4 is 21.5 Å². The van der Waals surface area contributed by atoms with Gasteiger partial charge in [-0.15, -0.1) is 11.3 Å². The van der Waals surface area contributed by atoms with Crippen LogP contribution in [0.15, 0.2) is 10.4 Å².